The molecule has 0 heterocycles. The molecule has 0 radical (unpaired) electrons. The van der Waals surface area contributed by atoms with Gasteiger partial charge in [0.05, 0.1) is 12.5 Å². The first-order valence-corrected chi connectivity index (χ1v) is 7.83. The van der Waals surface area contributed by atoms with E-state index in [9.17, 15) is 0 Å². The average molecular weight is 354 g/mol. The Kier molecular flexibility index (Phi) is 5.50. The van der Waals surface area contributed by atoms with Gasteiger partial charge < -0.3 is 4.74 Å². The van der Waals surface area contributed by atoms with Gasteiger partial charge in [-0.1, -0.05) is 39.7 Å². The maximum absolute atomic E-state index is 6.50. The molecule has 1 aliphatic rings. The summed E-state index contributed by atoms with van der Waals surface area (Å²) < 4.78 is 6.32. The standard InChI is InChI=1S/C17H18BrClO/c1-3-4-13-11-17(19)14(10-16(13)18)9-12-5-7-15(20-2)8-6-12/h3,5-8,10,17H,1,4,9,11H2,2H3/t17-/m0/s1. The minimum atomic E-state index is 0.0633. The number of benzene rings is 1. The molecule has 1 aromatic rings. The summed E-state index contributed by atoms with van der Waals surface area (Å²) >= 11 is 10.1. The Morgan fingerprint density at radius 3 is 2.70 bits per heavy atom. The molecule has 106 valence electrons. The van der Waals surface area contributed by atoms with Crippen molar-refractivity contribution in [2.45, 2.75) is 24.6 Å². The first-order chi connectivity index (χ1) is 9.63. The summed E-state index contributed by atoms with van der Waals surface area (Å²) in [5.41, 5.74) is 3.81. The molecule has 0 bridgehead atoms. The molecule has 20 heavy (non-hydrogen) atoms. The summed E-state index contributed by atoms with van der Waals surface area (Å²) in [6, 6.07) is 8.13. The molecule has 2 rings (SSSR count). The molecule has 1 aromatic carbocycles. The zero-order valence-electron chi connectivity index (χ0n) is 11.5. The maximum atomic E-state index is 6.50. The predicted octanol–water partition coefficient (Wildman–Crippen LogP) is 5.40. The van der Waals surface area contributed by atoms with Gasteiger partial charge in [-0.15, -0.1) is 18.2 Å². The highest BCUT2D eigenvalue weighted by Crippen LogP contribution is 2.34. The van der Waals surface area contributed by atoms with Crippen LogP contribution in [0.15, 0.2) is 58.6 Å². The normalized spacial score (nSPS) is 18.8. The number of alkyl halides is 1. The monoisotopic (exact) mass is 352 g/mol. The van der Waals surface area contributed by atoms with Crippen molar-refractivity contribution in [3.8, 4) is 5.75 Å². The van der Waals surface area contributed by atoms with E-state index in [0.717, 1.165) is 29.5 Å². The molecule has 0 saturated heterocycles. The topological polar surface area (TPSA) is 9.23 Å². The molecular formula is C17H18BrClO. The molecule has 0 fully saturated rings. The number of methoxy groups -OCH3 is 1. The Balaban J connectivity index is 2.15. The summed E-state index contributed by atoms with van der Waals surface area (Å²) in [5.74, 6) is 0.878. The highest BCUT2D eigenvalue weighted by molar-refractivity contribution is 9.11. The van der Waals surface area contributed by atoms with Gasteiger partial charge in [0.1, 0.15) is 5.75 Å². The van der Waals surface area contributed by atoms with Crippen molar-refractivity contribution in [1.29, 1.82) is 0 Å². The van der Waals surface area contributed by atoms with Crippen LogP contribution in [-0.4, -0.2) is 12.5 Å². The van der Waals surface area contributed by atoms with Gasteiger partial charge in [0.25, 0.3) is 0 Å². The van der Waals surface area contributed by atoms with Gasteiger partial charge in [0, 0.05) is 4.48 Å². The van der Waals surface area contributed by atoms with Crippen LogP contribution in [0.4, 0.5) is 0 Å². The van der Waals surface area contributed by atoms with Gasteiger partial charge in [-0.25, -0.2) is 0 Å². The lowest BCUT2D eigenvalue weighted by molar-refractivity contribution is 0.414. The van der Waals surface area contributed by atoms with Gasteiger partial charge in [0.2, 0.25) is 0 Å². The molecule has 0 aromatic heterocycles. The van der Waals surface area contributed by atoms with Crippen molar-refractivity contribution in [3.63, 3.8) is 0 Å². The molecule has 0 aliphatic heterocycles. The first-order valence-electron chi connectivity index (χ1n) is 6.60. The van der Waals surface area contributed by atoms with E-state index < -0.39 is 0 Å². The second-order valence-corrected chi connectivity index (χ2v) is 6.24. The third kappa shape index (κ3) is 3.77. The molecular weight excluding hydrogens is 336 g/mol. The average Bonchev–Trinajstić information content (AvgIpc) is 2.45. The van der Waals surface area contributed by atoms with Crippen molar-refractivity contribution >= 4 is 27.5 Å². The molecule has 1 atom stereocenters. The van der Waals surface area contributed by atoms with Crippen LogP contribution in [0.25, 0.3) is 0 Å². The van der Waals surface area contributed by atoms with Crippen LogP contribution in [0, 0.1) is 0 Å². The van der Waals surface area contributed by atoms with Gasteiger partial charge in [-0.3, -0.25) is 0 Å². The second kappa shape index (κ2) is 7.14. The number of ether oxygens (including phenoxy) is 1. The van der Waals surface area contributed by atoms with Gasteiger partial charge in [0.15, 0.2) is 0 Å². The van der Waals surface area contributed by atoms with E-state index in [-0.39, 0.29) is 5.38 Å². The Bertz CT molecular complexity index is 543. The Labute approximate surface area is 134 Å². The summed E-state index contributed by atoms with van der Waals surface area (Å²) in [7, 11) is 1.68. The summed E-state index contributed by atoms with van der Waals surface area (Å²) in [6.07, 6.45) is 6.72. The summed E-state index contributed by atoms with van der Waals surface area (Å²) in [6.45, 7) is 3.79. The molecule has 1 nitrogen and oxygen atoms in total. The van der Waals surface area contributed by atoms with E-state index in [0.29, 0.717) is 0 Å². The van der Waals surface area contributed by atoms with Gasteiger partial charge >= 0.3 is 0 Å². The van der Waals surface area contributed by atoms with Crippen LogP contribution in [-0.2, 0) is 6.42 Å². The first kappa shape index (κ1) is 15.4. The minimum absolute atomic E-state index is 0.0633. The molecule has 0 saturated carbocycles. The van der Waals surface area contributed by atoms with Crippen LogP contribution >= 0.6 is 27.5 Å². The Morgan fingerprint density at radius 2 is 2.10 bits per heavy atom. The fourth-order valence-corrected chi connectivity index (χ4v) is 3.24. The highest BCUT2D eigenvalue weighted by Gasteiger charge is 2.20. The third-order valence-electron chi connectivity index (χ3n) is 3.44. The summed E-state index contributed by atoms with van der Waals surface area (Å²) in [5, 5.41) is 0.0633. The number of hydrogen-bond acceptors (Lipinski definition) is 1. The Morgan fingerprint density at radius 1 is 1.40 bits per heavy atom. The lowest BCUT2D eigenvalue weighted by atomic mass is 9.92. The third-order valence-corrected chi connectivity index (χ3v) is 4.66. The van der Waals surface area contributed by atoms with Gasteiger partial charge in [-0.2, -0.15) is 0 Å². The molecule has 1 aliphatic carbocycles. The molecule has 0 spiro atoms. The number of halogens is 2. The zero-order chi connectivity index (χ0) is 14.5. The SMILES string of the molecule is C=CCC1=C(Br)C=C(Cc2ccc(OC)cc2)[C@@H](Cl)C1. The predicted molar refractivity (Wildman–Crippen MR) is 89.8 cm³/mol. The van der Waals surface area contributed by atoms with Crippen molar-refractivity contribution in [2.75, 3.05) is 7.11 Å². The quantitative estimate of drug-likeness (QED) is 0.508. The van der Waals surface area contributed by atoms with E-state index in [1.807, 2.05) is 18.2 Å². The number of hydrogen-bond donors (Lipinski definition) is 0. The Hall–Kier alpha value is -0.990. The fourth-order valence-electron chi connectivity index (χ4n) is 2.30. The highest BCUT2D eigenvalue weighted by atomic mass is 79.9. The lowest BCUT2D eigenvalue weighted by Gasteiger charge is -2.22. The van der Waals surface area contributed by atoms with Crippen LogP contribution < -0.4 is 4.74 Å². The maximum Gasteiger partial charge on any atom is 0.118 e. The van der Waals surface area contributed by atoms with Crippen molar-refractivity contribution in [3.05, 3.63) is 64.2 Å². The van der Waals surface area contributed by atoms with Gasteiger partial charge in [-0.05, 0) is 48.6 Å². The second-order valence-electron chi connectivity index (χ2n) is 4.86. The minimum Gasteiger partial charge on any atom is -0.497 e. The van der Waals surface area contributed by atoms with Crippen molar-refractivity contribution in [2.24, 2.45) is 0 Å². The summed E-state index contributed by atoms with van der Waals surface area (Å²) in [4.78, 5) is 0. The molecule has 0 amide bonds. The lowest BCUT2D eigenvalue weighted by Crippen LogP contribution is -2.12. The smallest absolute Gasteiger partial charge is 0.118 e. The largest absolute Gasteiger partial charge is 0.497 e. The molecule has 0 unspecified atom stereocenters. The number of rotatable bonds is 5. The van der Waals surface area contributed by atoms with Crippen LogP contribution in [0.3, 0.4) is 0 Å². The van der Waals surface area contributed by atoms with E-state index in [2.05, 4.69) is 40.7 Å². The van der Waals surface area contributed by atoms with E-state index in [1.54, 1.807) is 7.11 Å². The fraction of sp³-hybridized carbons (Fsp3) is 0.294. The molecule has 0 N–H and O–H groups in total. The number of allylic oxidation sites excluding steroid dienone is 5. The van der Waals surface area contributed by atoms with Crippen LogP contribution in [0.2, 0.25) is 0 Å². The van der Waals surface area contributed by atoms with Crippen molar-refractivity contribution in [1.82, 2.24) is 0 Å². The molecule has 3 heteroatoms. The van der Waals surface area contributed by atoms with Crippen LogP contribution in [0.1, 0.15) is 18.4 Å². The van der Waals surface area contributed by atoms with E-state index in [4.69, 9.17) is 16.3 Å². The van der Waals surface area contributed by atoms with Crippen LogP contribution in [0.5, 0.6) is 5.75 Å². The zero-order valence-corrected chi connectivity index (χ0v) is 13.9. The van der Waals surface area contributed by atoms with E-state index >= 15 is 0 Å². The van der Waals surface area contributed by atoms with E-state index in [1.165, 1.54) is 16.7 Å². The van der Waals surface area contributed by atoms with Crippen molar-refractivity contribution < 1.29 is 4.74 Å².